The molecular formula is C17H23N3O5S. The summed E-state index contributed by atoms with van der Waals surface area (Å²) >= 11 is 0. The number of benzene rings is 1. The van der Waals surface area contributed by atoms with Crippen molar-refractivity contribution in [1.29, 1.82) is 0 Å². The second kappa shape index (κ2) is 7.45. The molecule has 9 heteroatoms. The molecule has 1 atom stereocenters. The molecule has 0 radical (unpaired) electrons. The molecule has 0 aromatic heterocycles. The molecule has 0 bridgehead atoms. The number of rotatable bonds is 5. The average molecular weight is 381 g/mol. The summed E-state index contributed by atoms with van der Waals surface area (Å²) in [6.07, 6.45) is -0.986. The molecule has 2 rings (SSSR count). The molecule has 0 aliphatic carbocycles. The second-order valence-corrected chi connectivity index (χ2v) is 8.60. The quantitative estimate of drug-likeness (QED) is 0.738. The van der Waals surface area contributed by atoms with E-state index in [1.165, 1.54) is 13.0 Å². The number of aliphatic imine (C=N–C) groups is 1. The molecule has 0 unspecified atom stereocenters. The number of hydrogen-bond acceptors (Lipinski definition) is 6. The maximum Gasteiger partial charge on any atom is 0.308 e. The van der Waals surface area contributed by atoms with Crippen LogP contribution < -0.4 is 10.0 Å². The van der Waals surface area contributed by atoms with E-state index in [0.29, 0.717) is 5.56 Å². The first-order valence-electron chi connectivity index (χ1n) is 8.18. The van der Waals surface area contributed by atoms with Gasteiger partial charge in [-0.2, -0.15) is 0 Å². The number of ether oxygens (including phenoxy) is 1. The van der Waals surface area contributed by atoms with E-state index >= 15 is 0 Å². The molecule has 1 amide bonds. The van der Waals surface area contributed by atoms with Crippen LogP contribution in [0.3, 0.4) is 0 Å². The highest BCUT2D eigenvalue weighted by atomic mass is 32.2. The fourth-order valence-electron chi connectivity index (χ4n) is 2.29. The van der Waals surface area contributed by atoms with Crippen LogP contribution in [0, 0.1) is 0 Å². The summed E-state index contributed by atoms with van der Waals surface area (Å²) in [5.74, 6) is -0.762. The van der Waals surface area contributed by atoms with Crippen LogP contribution in [0.4, 0.5) is 0 Å². The molecule has 0 saturated carbocycles. The Labute approximate surface area is 153 Å². The van der Waals surface area contributed by atoms with Crippen molar-refractivity contribution in [2.24, 2.45) is 4.99 Å². The van der Waals surface area contributed by atoms with Gasteiger partial charge in [-0.1, -0.05) is 12.1 Å². The zero-order valence-corrected chi connectivity index (χ0v) is 16.0. The van der Waals surface area contributed by atoms with E-state index in [9.17, 15) is 18.0 Å². The first kappa shape index (κ1) is 19.9. The molecule has 0 spiro atoms. The molecule has 8 nitrogen and oxygen atoms in total. The van der Waals surface area contributed by atoms with Gasteiger partial charge in [0.05, 0.1) is 17.9 Å². The maximum atomic E-state index is 12.0. The molecule has 1 aromatic rings. The largest absolute Gasteiger partial charge is 0.452 e. The highest BCUT2D eigenvalue weighted by Gasteiger charge is 2.30. The van der Waals surface area contributed by atoms with Gasteiger partial charge >= 0.3 is 5.97 Å². The van der Waals surface area contributed by atoms with Crippen LogP contribution in [0.25, 0.3) is 0 Å². The number of carbonyl (C=O) groups is 2. The van der Waals surface area contributed by atoms with Crippen molar-refractivity contribution in [3.05, 3.63) is 29.8 Å². The van der Waals surface area contributed by atoms with Gasteiger partial charge in [0, 0.05) is 11.1 Å². The minimum Gasteiger partial charge on any atom is -0.452 e. The van der Waals surface area contributed by atoms with E-state index in [4.69, 9.17) is 4.74 Å². The summed E-state index contributed by atoms with van der Waals surface area (Å²) in [6.45, 7) is 7.02. The highest BCUT2D eigenvalue weighted by molar-refractivity contribution is 7.90. The summed E-state index contributed by atoms with van der Waals surface area (Å²) in [5, 5.41) is 2.72. The lowest BCUT2D eigenvalue weighted by molar-refractivity contribution is -0.155. The lowest BCUT2D eigenvalue weighted by Crippen LogP contribution is -2.46. The molecule has 0 fully saturated rings. The van der Waals surface area contributed by atoms with Crippen molar-refractivity contribution in [2.45, 2.75) is 50.7 Å². The first-order chi connectivity index (χ1) is 12.0. The van der Waals surface area contributed by atoms with E-state index < -0.39 is 27.6 Å². The predicted molar refractivity (Wildman–Crippen MR) is 96.2 cm³/mol. The van der Waals surface area contributed by atoms with Crippen molar-refractivity contribution in [3.63, 3.8) is 0 Å². The van der Waals surface area contributed by atoms with Crippen molar-refractivity contribution >= 4 is 27.7 Å². The minimum atomic E-state index is -3.60. The Kier molecular flexibility index (Phi) is 5.70. The number of amides is 1. The van der Waals surface area contributed by atoms with Gasteiger partial charge in [0.2, 0.25) is 0 Å². The maximum absolute atomic E-state index is 12.0. The third-order valence-corrected chi connectivity index (χ3v) is 4.82. The second-order valence-electron chi connectivity index (χ2n) is 6.95. The van der Waals surface area contributed by atoms with Crippen LogP contribution in [0.5, 0.6) is 0 Å². The van der Waals surface area contributed by atoms with Crippen LogP contribution in [0.1, 0.15) is 39.7 Å². The van der Waals surface area contributed by atoms with Gasteiger partial charge in [-0.25, -0.2) is 8.42 Å². The summed E-state index contributed by atoms with van der Waals surface area (Å²) < 4.78 is 31.4. The monoisotopic (exact) mass is 381 g/mol. The number of nitrogens with zero attached hydrogens (tertiary/aromatic N) is 1. The summed E-state index contributed by atoms with van der Waals surface area (Å²) in [6, 6.07) is 6.47. The van der Waals surface area contributed by atoms with E-state index in [0.717, 1.165) is 0 Å². The number of carbonyl (C=O) groups excluding carboxylic acids is 2. The van der Waals surface area contributed by atoms with Crippen LogP contribution in [-0.4, -0.2) is 44.3 Å². The lowest BCUT2D eigenvalue weighted by Gasteiger charge is -2.23. The number of sulfonamides is 1. The van der Waals surface area contributed by atoms with Crippen LogP contribution >= 0.6 is 0 Å². The molecule has 1 aromatic carbocycles. The normalized spacial score (nSPS) is 17.9. The van der Waals surface area contributed by atoms with Gasteiger partial charge in [0.15, 0.2) is 6.10 Å². The Morgan fingerprint density at radius 2 is 1.92 bits per heavy atom. The van der Waals surface area contributed by atoms with E-state index in [1.807, 2.05) is 20.8 Å². The third kappa shape index (κ3) is 5.04. The number of esters is 1. The third-order valence-electron chi connectivity index (χ3n) is 3.42. The smallest absolute Gasteiger partial charge is 0.308 e. The first-order valence-corrected chi connectivity index (χ1v) is 9.66. The summed E-state index contributed by atoms with van der Waals surface area (Å²) in [5.41, 5.74) is 0.0512. The fraction of sp³-hybridized carbons (Fsp3) is 0.471. The Morgan fingerprint density at radius 1 is 1.27 bits per heavy atom. The predicted octanol–water partition coefficient (Wildman–Crippen LogP) is 0.962. The molecule has 1 aliphatic rings. The highest BCUT2D eigenvalue weighted by Crippen LogP contribution is 2.22. The molecule has 1 aliphatic heterocycles. The number of fused-ring (bicyclic) bond motifs is 1. The standard InChI is InChI=1S/C17H23N3O5S/c1-11(16(22)19-17(2,3)4)25-14(21)9-10-18-15-12-7-5-6-8-13(12)26(23,24)20-15/h5-8,11H,9-10H2,1-4H3,(H,18,20)(H,19,22)/t11-/m0/s1. The molecule has 1 heterocycles. The van der Waals surface area contributed by atoms with Crippen LogP contribution in [0.2, 0.25) is 0 Å². The van der Waals surface area contributed by atoms with Crippen molar-refractivity contribution in [2.75, 3.05) is 6.54 Å². The van der Waals surface area contributed by atoms with Gasteiger partial charge in [0.1, 0.15) is 5.84 Å². The molecular weight excluding hydrogens is 358 g/mol. The van der Waals surface area contributed by atoms with Crippen molar-refractivity contribution < 1.29 is 22.7 Å². The van der Waals surface area contributed by atoms with Crippen molar-refractivity contribution in [3.8, 4) is 0 Å². The van der Waals surface area contributed by atoms with E-state index in [2.05, 4.69) is 15.0 Å². The fourth-order valence-corrected chi connectivity index (χ4v) is 3.54. The Balaban J connectivity index is 1.91. The zero-order chi connectivity index (χ0) is 19.5. The molecule has 0 saturated heterocycles. The van der Waals surface area contributed by atoms with E-state index in [-0.39, 0.29) is 29.6 Å². The van der Waals surface area contributed by atoms with Gasteiger partial charge in [-0.05, 0) is 39.8 Å². The number of hydrogen-bond donors (Lipinski definition) is 2. The lowest BCUT2D eigenvalue weighted by atomic mass is 10.1. The Morgan fingerprint density at radius 3 is 2.58 bits per heavy atom. The zero-order valence-electron chi connectivity index (χ0n) is 15.2. The Bertz CT molecular complexity index is 840. The van der Waals surface area contributed by atoms with Gasteiger partial charge in [-0.15, -0.1) is 0 Å². The summed E-state index contributed by atoms with van der Waals surface area (Å²) in [7, 11) is -3.60. The molecule has 142 valence electrons. The summed E-state index contributed by atoms with van der Waals surface area (Å²) in [4.78, 5) is 28.1. The van der Waals surface area contributed by atoms with Crippen molar-refractivity contribution in [1.82, 2.24) is 10.0 Å². The minimum absolute atomic E-state index is 0.0403. The molecule has 2 N–H and O–H groups in total. The average Bonchev–Trinajstić information content (AvgIpc) is 2.77. The topological polar surface area (TPSA) is 114 Å². The van der Waals surface area contributed by atoms with Crippen LogP contribution in [-0.2, 0) is 24.3 Å². The Hall–Kier alpha value is -2.42. The van der Waals surface area contributed by atoms with Crippen LogP contribution in [0.15, 0.2) is 34.2 Å². The number of nitrogens with one attached hydrogen (secondary N) is 2. The van der Waals surface area contributed by atoms with Gasteiger partial charge < -0.3 is 10.1 Å². The molecule has 26 heavy (non-hydrogen) atoms. The van der Waals surface area contributed by atoms with Gasteiger partial charge in [-0.3, -0.25) is 19.3 Å². The van der Waals surface area contributed by atoms with Gasteiger partial charge in [0.25, 0.3) is 15.9 Å². The SMILES string of the molecule is C[C@H](OC(=O)CCN=C1NS(=O)(=O)c2ccccc21)C(=O)NC(C)(C)C. The van der Waals surface area contributed by atoms with E-state index in [1.54, 1.807) is 18.2 Å². The number of amidine groups is 1.